The van der Waals surface area contributed by atoms with E-state index < -0.39 is 0 Å². The van der Waals surface area contributed by atoms with Gasteiger partial charge in [0.1, 0.15) is 0 Å². The van der Waals surface area contributed by atoms with Gasteiger partial charge in [-0.05, 0) is 68.1 Å². The Morgan fingerprint density at radius 2 is 1.36 bits per heavy atom. The third-order valence-corrected chi connectivity index (χ3v) is 6.87. The summed E-state index contributed by atoms with van der Waals surface area (Å²) in [7, 11) is 0. The summed E-state index contributed by atoms with van der Waals surface area (Å²) in [6.07, 6.45) is 2.05. The first kappa shape index (κ1) is 23.8. The molecule has 4 nitrogen and oxygen atoms in total. The van der Waals surface area contributed by atoms with Crippen molar-refractivity contribution >= 4 is 28.7 Å². The van der Waals surface area contributed by atoms with Gasteiger partial charge in [0.25, 0.3) is 5.91 Å². The fourth-order valence-corrected chi connectivity index (χ4v) is 4.62. The second kappa shape index (κ2) is 10.3. The first-order valence-corrected chi connectivity index (χ1v) is 13.1. The van der Waals surface area contributed by atoms with Crippen LogP contribution in [0.5, 0.6) is 0 Å². The van der Waals surface area contributed by atoms with Crippen molar-refractivity contribution in [3.8, 4) is 22.5 Å². The Balaban J connectivity index is 1.51. The van der Waals surface area contributed by atoms with E-state index in [0.717, 1.165) is 39.2 Å². The maximum Gasteiger partial charge on any atom is 0.251 e. The van der Waals surface area contributed by atoms with Crippen molar-refractivity contribution in [2.24, 2.45) is 0 Å². The first-order chi connectivity index (χ1) is 17.5. The molecule has 178 valence electrons. The molecule has 1 heterocycles. The largest absolute Gasteiger partial charge is 0.348 e. The van der Waals surface area contributed by atoms with Crippen LogP contribution in [0, 0.1) is 13.8 Å². The van der Waals surface area contributed by atoms with E-state index in [9.17, 15) is 4.79 Å². The number of rotatable bonds is 6. The van der Waals surface area contributed by atoms with Gasteiger partial charge in [0.15, 0.2) is 0 Å². The van der Waals surface area contributed by atoms with Crippen molar-refractivity contribution in [2.45, 2.75) is 25.3 Å². The molecule has 0 saturated carbocycles. The first-order valence-electron chi connectivity index (χ1n) is 11.9. The summed E-state index contributed by atoms with van der Waals surface area (Å²) < 4.78 is 0. The van der Waals surface area contributed by atoms with Crippen molar-refractivity contribution in [1.29, 1.82) is 0 Å². The Morgan fingerprint density at radius 1 is 0.750 bits per heavy atom. The molecule has 0 atom stereocenters. The molecule has 0 spiro atoms. The molecule has 4 aromatic carbocycles. The molecule has 0 saturated heterocycles. The summed E-state index contributed by atoms with van der Waals surface area (Å²) in [5.74, 6) is -0.132. The highest BCUT2D eigenvalue weighted by Crippen LogP contribution is 2.32. The smallest absolute Gasteiger partial charge is 0.251 e. The molecule has 0 radical (unpaired) electrons. The minimum Gasteiger partial charge on any atom is -0.348 e. The number of aromatic nitrogens is 2. The maximum atomic E-state index is 12.9. The molecule has 0 aliphatic heterocycles. The lowest BCUT2D eigenvalue weighted by molar-refractivity contribution is 0.0951. The predicted molar refractivity (Wildman–Crippen MR) is 149 cm³/mol. The van der Waals surface area contributed by atoms with Crippen molar-refractivity contribution in [3.05, 3.63) is 113 Å². The molecule has 0 aliphatic rings. The fraction of sp³-hybridized carbons (Fsp3) is 0.129. The number of nitrogens with one attached hydrogen (secondary N) is 1. The Labute approximate surface area is 215 Å². The Bertz CT molecular complexity index is 1560. The van der Waals surface area contributed by atoms with Crippen molar-refractivity contribution < 1.29 is 4.79 Å². The summed E-state index contributed by atoms with van der Waals surface area (Å²) in [5.41, 5.74) is 9.07. The van der Waals surface area contributed by atoms with Crippen LogP contribution < -0.4 is 5.32 Å². The number of hydrogen-bond acceptors (Lipinski definition) is 4. The van der Waals surface area contributed by atoms with E-state index in [1.807, 2.05) is 48.7 Å². The second-order valence-corrected chi connectivity index (χ2v) is 9.77. The molecule has 1 aromatic heterocycles. The predicted octanol–water partition coefficient (Wildman–Crippen LogP) is 7.23. The van der Waals surface area contributed by atoms with Crippen molar-refractivity contribution in [2.75, 3.05) is 6.26 Å². The van der Waals surface area contributed by atoms with Crippen LogP contribution in [0.25, 0.3) is 33.5 Å². The van der Waals surface area contributed by atoms with Crippen LogP contribution in [0.1, 0.15) is 27.0 Å². The van der Waals surface area contributed by atoms with Gasteiger partial charge in [-0.25, -0.2) is 9.97 Å². The summed E-state index contributed by atoms with van der Waals surface area (Å²) in [6, 6.07) is 30.3. The summed E-state index contributed by atoms with van der Waals surface area (Å²) >= 11 is 1.70. The summed E-state index contributed by atoms with van der Waals surface area (Å²) in [6.45, 7) is 4.62. The molecule has 36 heavy (non-hydrogen) atoms. The van der Waals surface area contributed by atoms with Crippen molar-refractivity contribution in [3.63, 3.8) is 0 Å². The number of carbonyl (C=O) groups excluding carboxylic acids is 1. The van der Waals surface area contributed by atoms with Crippen LogP contribution >= 0.6 is 11.8 Å². The van der Waals surface area contributed by atoms with E-state index in [1.54, 1.807) is 11.8 Å². The van der Waals surface area contributed by atoms with E-state index >= 15 is 0 Å². The second-order valence-electron chi connectivity index (χ2n) is 8.89. The van der Waals surface area contributed by atoms with Gasteiger partial charge in [-0.3, -0.25) is 4.79 Å². The lowest BCUT2D eigenvalue weighted by atomic mass is 10.0. The van der Waals surface area contributed by atoms with Gasteiger partial charge in [0, 0.05) is 28.1 Å². The highest BCUT2D eigenvalue weighted by atomic mass is 32.2. The molecule has 5 aromatic rings. The molecule has 1 N–H and O–H groups in total. The minimum absolute atomic E-state index is 0.132. The zero-order valence-corrected chi connectivity index (χ0v) is 21.4. The number of benzene rings is 4. The Hall–Kier alpha value is -3.96. The molecule has 0 fully saturated rings. The van der Waals surface area contributed by atoms with Crippen LogP contribution in [0.3, 0.4) is 0 Å². The SMILES string of the molecule is CSc1ccc(CNC(=O)c2ccc3nc(-c4cccc(C)c4)c(-c4cccc(C)c4)nc3c2)cc1. The number of amides is 1. The third-order valence-electron chi connectivity index (χ3n) is 6.12. The highest BCUT2D eigenvalue weighted by Gasteiger charge is 2.15. The average Bonchev–Trinajstić information content (AvgIpc) is 2.91. The van der Waals surface area contributed by atoms with Gasteiger partial charge in [0.2, 0.25) is 0 Å². The van der Waals surface area contributed by atoms with Crippen LogP contribution in [0.15, 0.2) is 95.9 Å². The van der Waals surface area contributed by atoms with Gasteiger partial charge in [-0.15, -0.1) is 11.8 Å². The Kier molecular flexibility index (Phi) is 6.83. The number of aryl methyl sites for hydroxylation is 2. The van der Waals surface area contributed by atoms with Gasteiger partial charge < -0.3 is 5.32 Å². The number of fused-ring (bicyclic) bond motifs is 1. The molecule has 5 rings (SSSR count). The van der Waals surface area contributed by atoms with E-state index in [1.165, 1.54) is 10.5 Å². The quantitative estimate of drug-likeness (QED) is 0.256. The molecule has 1 amide bonds. The fourth-order valence-electron chi connectivity index (χ4n) is 4.21. The van der Waals surface area contributed by atoms with Gasteiger partial charge in [-0.1, -0.05) is 59.7 Å². The maximum absolute atomic E-state index is 12.9. The van der Waals surface area contributed by atoms with Crippen LogP contribution in [0.2, 0.25) is 0 Å². The van der Waals surface area contributed by atoms with E-state index in [2.05, 4.69) is 67.7 Å². The molecule has 5 heteroatoms. The van der Waals surface area contributed by atoms with Crippen LogP contribution in [0.4, 0.5) is 0 Å². The van der Waals surface area contributed by atoms with E-state index in [0.29, 0.717) is 17.6 Å². The molecule has 0 unspecified atom stereocenters. The third kappa shape index (κ3) is 5.16. The van der Waals surface area contributed by atoms with Crippen LogP contribution in [-0.2, 0) is 6.54 Å². The number of thioether (sulfide) groups is 1. The molecular formula is C31H27N3OS. The zero-order valence-electron chi connectivity index (χ0n) is 20.6. The molecule has 0 bridgehead atoms. The summed E-state index contributed by atoms with van der Waals surface area (Å²) in [4.78, 5) is 24.2. The summed E-state index contributed by atoms with van der Waals surface area (Å²) in [5, 5.41) is 3.02. The van der Waals surface area contributed by atoms with E-state index in [-0.39, 0.29) is 5.91 Å². The normalized spacial score (nSPS) is 11.0. The lowest BCUT2D eigenvalue weighted by Gasteiger charge is -2.12. The number of carbonyl (C=O) groups is 1. The number of hydrogen-bond donors (Lipinski definition) is 1. The van der Waals surface area contributed by atoms with E-state index in [4.69, 9.17) is 9.97 Å². The lowest BCUT2D eigenvalue weighted by Crippen LogP contribution is -2.22. The average molecular weight is 490 g/mol. The monoisotopic (exact) mass is 489 g/mol. The van der Waals surface area contributed by atoms with Crippen LogP contribution in [-0.4, -0.2) is 22.1 Å². The standard InChI is InChI=1S/C31H27N3OS/c1-20-6-4-8-23(16-20)29-30(24-9-5-7-21(2)17-24)34-28-18-25(12-15-27(28)33-29)31(35)32-19-22-10-13-26(36-3)14-11-22/h4-18H,19H2,1-3H3,(H,32,35). The van der Waals surface area contributed by atoms with Gasteiger partial charge in [-0.2, -0.15) is 0 Å². The number of nitrogens with zero attached hydrogens (tertiary/aromatic N) is 2. The molecule has 0 aliphatic carbocycles. The topological polar surface area (TPSA) is 54.9 Å². The Morgan fingerprint density at radius 3 is 1.94 bits per heavy atom. The van der Waals surface area contributed by atoms with Gasteiger partial charge in [0.05, 0.1) is 22.4 Å². The molecular weight excluding hydrogens is 462 g/mol. The van der Waals surface area contributed by atoms with Gasteiger partial charge >= 0.3 is 0 Å². The minimum atomic E-state index is -0.132. The van der Waals surface area contributed by atoms with Crippen molar-refractivity contribution in [1.82, 2.24) is 15.3 Å². The highest BCUT2D eigenvalue weighted by molar-refractivity contribution is 7.98. The zero-order chi connectivity index (χ0) is 25.1.